The molecule has 1 amide bonds. The fraction of sp³-hybridized carbons (Fsp3) is 0.242. The number of amides is 1. The SMILES string of the molecule is CCCCCc1ccc(CNC(=O)c2cc(Br)c(C[N]Cc3cccc(Oc4ccccc4)c3)c(Br)c2)cc1. The molecule has 4 nitrogen and oxygen atoms in total. The van der Waals surface area contributed by atoms with Crippen molar-refractivity contribution in [1.29, 1.82) is 0 Å². The van der Waals surface area contributed by atoms with E-state index < -0.39 is 0 Å². The van der Waals surface area contributed by atoms with Crippen LogP contribution in [0.25, 0.3) is 0 Å². The molecular formula is C33H33Br2N2O2. The molecule has 0 aliphatic rings. The van der Waals surface area contributed by atoms with Crippen LogP contribution in [0.3, 0.4) is 0 Å². The lowest BCUT2D eigenvalue weighted by Crippen LogP contribution is -2.23. The Hall–Kier alpha value is -2.93. The van der Waals surface area contributed by atoms with Crippen LogP contribution in [-0.2, 0) is 26.1 Å². The van der Waals surface area contributed by atoms with E-state index in [4.69, 9.17) is 10.1 Å². The number of hydrogen-bond donors (Lipinski definition) is 1. The molecule has 39 heavy (non-hydrogen) atoms. The summed E-state index contributed by atoms with van der Waals surface area (Å²) >= 11 is 7.28. The van der Waals surface area contributed by atoms with Crippen molar-refractivity contribution in [2.75, 3.05) is 0 Å². The summed E-state index contributed by atoms with van der Waals surface area (Å²) in [7, 11) is 0. The molecule has 0 heterocycles. The van der Waals surface area contributed by atoms with E-state index in [9.17, 15) is 4.79 Å². The Morgan fingerprint density at radius 1 is 0.769 bits per heavy atom. The quantitative estimate of drug-likeness (QED) is 0.147. The smallest absolute Gasteiger partial charge is 0.251 e. The van der Waals surface area contributed by atoms with Crippen molar-refractivity contribution < 1.29 is 9.53 Å². The summed E-state index contributed by atoms with van der Waals surface area (Å²) in [5, 5.41) is 7.78. The van der Waals surface area contributed by atoms with Gasteiger partial charge in [-0.15, -0.1) is 0 Å². The molecule has 0 saturated carbocycles. The number of para-hydroxylation sites is 1. The predicted molar refractivity (Wildman–Crippen MR) is 165 cm³/mol. The van der Waals surface area contributed by atoms with E-state index in [0.29, 0.717) is 25.2 Å². The number of aryl methyl sites for hydroxylation is 1. The molecule has 0 unspecified atom stereocenters. The Kier molecular flexibility index (Phi) is 11.2. The summed E-state index contributed by atoms with van der Waals surface area (Å²) in [4.78, 5) is 12.8. The van der Waals surface area contributed by atoms with Gasteiger partial charge in [0.05, 0.1) is 0 Å². The molecule has 0 atom stereocenters. The van der Waals surface area contributed by atoms with Gasteiger partial charge in [-0.1, -0.05) is 106 Å². The van der Waals surface area contributed by atoms with E-state index >= 15 is 0 Å². The summed E-state index contributed by atoms with van der Waals surface area (Å²) < 4.78 is 7.63. The summed E-state index contributed by atoms with van der Waals surface area (Å²) in [6.45, 7) is 3.78. The van der Waals surface area contributed by atoms with Gasteiger partial charge in [0.2, 0.25) is 0 Å². The summed E-state index contributed by atoms with van der Waals surface area (Å²) in [6.07, 6.45) is 4.81. The van der Waals surface area contributed by atoms with E-state index in [2.05, 4.69) is 68.4 Å². The third-order valence-corrected chi connectivity index (χ3v) is 7.80. The van der Waals surface area contributed by atoms with Gasteiger partial charge in [0.15, 0.2) is 0 Å². The highest BCUT2D eigenvalue weighted by atomic mass is 79.9. The molecule has 1 radical (unpaired) electrons. The maximum atomic E-state index is 12.8. The molecule has 0 aromatic heterocycles. The molecule has 0 aliphatic heterocycles. The first-order chi connectivity index (χ1) is 19.0. The van der Waals surface area contributed by atoms with E-state index in [1.807, 2.05) is 66.7 Å². The van der Waals surface area contributed by atoms with Gasteiger partial charge in [-0.2, -0.15) is 0 Å². The van der Waals surface area contributed by atoms with Gasteiger partial charge < -0.3 is 10.1 Å². The molecule has 0 bridgehead atoms. The number of ether oxygens (including phenoxy) is 1. The highest BCUT2D eigenvalue weighted by Gasteiger charge is 2.13. The monoisotopic (exact) mass is 647 g/mol. The van der Waals surface area contributed by atoms with E-state index in [1.165, 1.54) is 24.8 Å². The number of carbonyl (C=O) groups excluding carboxylic acids is 1. The van der Waals surface area contributed by atoms with Gasteiger partial charge in [0.25, 0.3) is 5.91 Å². The van der Waals surface area contributed by atoms with Crippen molar-refractivity contribution in [2.45, 2.75) is 52.2 Å². The molecule has 201 valence electrons. The van der Waals surface area contributed by atoms with Gasteiger partial charge >= 0.3 is 0 Å². The number of hydrogen-bond acceptors (Lipinski definition) is 2. The number of nitrogens with zero attached hydrogens (tertiary/aromatic N) is 1. The maximum absolute atomic E-state index is 12.8. The minimum Gasteiger partial charge on any atom is -0.457 e. The average Bonchev–Trinajstić information content (AvgIpc) is 2.94. The van der Waals surface area contributed by atoms with Gasteiger partial charge in [-0.05, 0) is 71.5 Å². The van der Waals surface area contributed by atoms with Gasteiger partial charge in [0, 0.05) is 34.1 Å². The Labute approximate surface area is 248 Å². The Bertz CT molecular complexity index is 1340. The second-order valence-electron chi connectivity index (χ2n) is 9.48. The van der Waals surface area contributed by atoms with Crippen molar-refractivity contribution in [3.8, 4) is 11.5 Å². The molecule has 1 N–H and O–H groups in total. The lowest BCUT2D eigenvalue weighted by Gasteiger charge is -2.12. The molecule has 4 rings (SSSR count). The van der Waals surface area contributed by atoms with Crippen LogP contribution < -0.4 is 15.4 Å². The van der Waals surface area contributed by atoms with Crippen molar-refractivity contribution in [2.24, 2.45) is 0 Å². The highest BCUT2D eigenvalue weighted by Crippen LogP contribution is 2.28. The number of nitrogens with one attached hydrogen (secondary N) is 1. The van der Waals surface area contributed by atoms with Gasteiger partial charge in [-0.3, -0.25) is 4.79 Å². The lowest BCUT2D eigenvalue weighted by molar-refractivity contribution is 0.0950. The van der Waals surface area contributed by atoms with Crippen LogP contribution in [-0.4, -0.2) is 5.91 Å². The second kappa shape index (κ2) is 15.0. The number of halogens is 2. The first-order valence-corrected chi connectivity index (χ1v) is 14.9. The summed E-state index contributed by atoms with van der Waals surface area (Å²) in [5.74, 6) is 1.48. The molecule has 4 aromatic carbocycles. The normalized spacial score (nSPS) is 10.8. The van der Waals surface area contributed by atoms with Crippen LogP contribution in [0.15, 0.2) is 99.9 Å². The van der Waals surface area contributed by atoms with E-state index in [1.54, 1.807) is 0 Å². The summed E-state index contributed by atoms with van der Waals surface area (Å²) in [6, 6.07) is 29.9. The number of unbranched alkanes of at least 4 members (excludes halogenated alkanes) is 2. The van der Waals surface area contributed by atoms with Crippen molar-refractivity contribution in [3.05, 3.63) is 128 Å². The largest absolute Gasteiger partial charge is 0.457 e. The van der Waals surface area contributed by atoms with Crippen LogP contribution in [0.4, 0.5) is 0 Å². The van der Waals surface area contributed by atoms with Crippen LogP contribution >= 0.6 is 31.9 Å². The Balaban J connectivity index is 1.28. The standard InChI is InChI=1S/C33H33Br2N2O2/c1-2-3-5-9-24-14-16-25(17-15-24)22-37-33(38)27-19-31(34)30(32(35)20-27)23-36-21-26-10-8-13-29(18-26)39-28-11-6-4-7-12-28/h4,6-8,10-20H,2-3,5,9,21-23H2,1H3,(H,37,38). The first kappa shape index (κ1) is 29.1. The summed E-state index contributed by atoms with van der Waals surface area (Å²) in [5.41, 5.74) is 5.11. The maximum Gasteiger partial charge on any atom is 0.251 e. The topological polar surface area (TPSA) is 52.4 Å². The minimum absolute atomic E-state index is 0.109. The zero-order chi connectivity index (χ0) is 27.5. The average molecular weight is 649 g/mol. The van der Waals surface area contributed by atoms with E-state index in [0.717, 1.165) is 43.6 Å². The van der Waals surface area contributed by atoms with Gasteiger partial charge in [0.1, 0.15) is 11.5 Å². The fourth-order valence-electron chi connectivity index (χ4n) is 4.20. The van der Waals surface area contributed by atoms with Crippen LogP contribution in [0, 0.1) is 0 Å². The molecule has 0 aliphatic carbocycles. The first-order valence-electron chi connectivity index (χ1n) is 13.3. The molecule has 0 fully saturated rings. The van der Waals surface area contributed by atoms with Crippen molar-refractivity contribution in [1.82, 2.24) is 10.6 Å². The van der Waals surface area contributed by atoms with E-state index in [-0.39, 0.29) is 5.91 Å². The minimum atomic E-state index is -0.109. The highest BCUT2D eigenvalue weighted by molar-refractivity contribution is 9.11. The number of benzene rings is 4. The molecule has 0 spiro atoms. The zero-order valence-electron chi connectivity index (χ0n) is 22.1. The van der Waals surface area contributed by atoms with Crippen molar-refractivity contribution in [3.63, 3.8) is 0 Å². The van der Waals surface area contributed by atoms with Gasteiger partial charge in [-0.25, -0.2) is 5.32 Å². The van der Waals surface area contributed by atoms with Crippen LogP contribution in [0.1, 0.15) is 58.8 Å². The van der Waals surface area contributed by atoms with Crippen molar-refractivity contribution >= 4 is 37.8 Å². The number of rotatable bonds is 13. The fourth-order valence-corrected chi connectivity index (χ4v) is 5.64. The Morgan fingerprint density at radius 3 is 2.18 bits per heavy atom. The molecule has 6 heteroatoms. The second-order valence-corrected chi connectivity index (χ2v) is 11.2. The predicted octanol–water partition coefficient (Wildman–Crippen LogP) is 8.97. The zero-order valence-corrected chi connectivity index (χ0v) is 25.3. The third kappa shape index (κ3) is 9.06. The lowest BCUT2D eigenvalue weighted by atomic mass is 10.1. The Morgan fingerprint density at radius 2 is 1.46 bits per heavy atom. The molecular weight excluding hydrogens is 616 g/mol. The number of carbonyl (C=O) groups is 1. The van der Waals surface area contributed by atoms with Crippen LogP contribution in [0.2, 0.25) is 0 Å². The molecule has 0 saturated heterocycles. The third-order valence-electron chi connectivity index (χ3n) is 6.39. The molecule has 4 aromatic rings. The van der Waals surface area contributed by atoms with Crippen LogP contribution in [0.5, 0.6) is 11.5 Å².